The van der Waals surface area contributed by atoms with Crippen LogP contribution in [-0.2, 0) is 27.4 Å². The summed E-state index contributed by atoms with van der Waals surface area (Å²) in [6.07, 6.45) is 3.48. The molecule has 0 bridgehead atoms. The second-order valence-corrected chi connectivity index (χ2v) is 9.88. The average molecular weight is 526 g/mol. The van der Waals surface area contributed by atoms with Crippen LogP contribution in [0.15, 0.2) is 42.6 Å². The van der Waals surface area contributed by atoms with Gasteiger partial charge in [0.25, 0.3) is 11.8 Å². The van der Waals surface area contributed by atoms with Crippen LogP contribution in [0.3, 0.4) is 0 Å². The number of pyridine rings is 1. The lowest BCUT2D eigenvalue weighted by atomic mass is 10.1. The molecule has 1 aliphatic rings. The number of aromatic nitrogens is 1. The van der Waals surface area contributed by atoms with Gasteiger partial charge in [-0.25, -0.2) is 5.48 Å². The van der Waals surface area contributed by atoms with E-state index < -0.39 is 11.9 Å². The smallest absolute Gasteiger partial charge is 0.262 e. The van der Waals surface area contributed by atoms with E-state index in [9.17, 15) is 19.6 Å². The summed E-state index contributed by atoms with van der Waals surface area (Å²) in [6, 6.07) is 10.6. The second-order valence-electron chi connectivity index (χ2n) is 9.88. The Kier molecular flexibility index (Phi) is 11.2. The van der Waals surface area contributed by atoms with Gasteiger partial charge >= 0.3 is 0 Å². The van der Waals surface area contributed by atoms with Crippen molar-refractivity contribution in [2.45, 2.75) is 46.3 Å². The van der Waals surface area contributed by atoms with Crippen molar-refractivity contribution in [3.63, 3.8) is 0 Å². The molecule has 10 heteroatoms. The lowest BCUT2D eigenvalue weighted by molar-refractivity contribution is -0.139. The van der Waals surface area contributed by atoms with Gasteiger partial charge in [0.15, 0.2) is 0 Å². The first-order valence-corrected chi connectivity index (χ1v) is 13.1. The third kappa shape index (κ3) is 8.61. The zero-order chi connectivity index (χ0) is 27.5. The first-order chi connectivity index (χ1) is 18.3. The van der Waals surface area contributed by atoms with Gasteiger partial charge in [0, 0.05) is 62.7 Å². The first kappa shape index (κ1) is 29.2. The highest BCUT2D eigenvalue weighted by molar-refractivity contribution is 5.94. The fourth-order valence-corrected chi connectivity index (χ4v) is 4.46. The molecule has 0 spiro atoms. The highest BCUT2D eigenvalue weighted by Crippen LogP contribution is 2.12. The third-order valence-electron chi connectivity index (χ3n) is 6.63. The van der Waals surface area contributed by atoms with E-state index in [1.54, 1.807) is 28.7 Å². The van der Waals surface area contributed by atoms with Crippen LogP contribution in [0.2, 0.25) is 0 Å². The monoisotopic (exact) mass is 525 g/mol. The van der Waals surface area contributed by atoms with Crippen molar-refractivity contribution in [2.24, 2.45) is 5.92 Å². The number of hydrogen-bond acceptors (Lipinski definition) is 7. The van der Waals surface area contributed by atoms with Crippen molar-refractivity contribution in [1.29, 1.82) is 0 Å². The molecule has 1 atom stereocenters. The van der Waals surface area contributed by atoms with Crippen molar-refractivity contribution >= 4 is 17.7 Å². The average Bonchev–Trinajstić information content (AvgIpc) is 2.93. The van der Waals surface area contributed by atoms with Crippen LogP contribution < -0.4 is 10.8 Å². The molecular formula is C28H39N5O5. The van der Waals surface area contributed by atoms with Crippen LogP contribution in [-0.4, -0.2) is 83.1 Å². The molecule has 1 aromatic heterocycles. The summed E-state index contributed by atoms with van der Waals surface area (Å²) in [4.78, 5) is 45.1. The maximum Gasteiger partial charge on any atom is 0.262 e. The number of nitrogens with one attached hydrogen (secondary N) is 2. The Morgan fingerprint density at radius 1 is 1.05 bits per heavy atom. The topological polar surface area (TPSA) is 124 Å². The Labute approximate surface area is 224 Å². The molecule has 0 radical (unpaired) electrons. The Bertz CT molecular complexity index is 1070. The summed E-state index contributed by atoms with van der Waals surface area (Å²) in [6.45, 7) is 8.86. The van der Waals surface area contributed by atoms with E-state index in [1.165, 1.54) is 0 Å². The molecule has 38 heavy (non-hydrogen) atoms. The molecule has 2 heterocycles. The van der Waals surface area contributed by atoms with E-state index in [2.05, 4.69) is 10.3 Å². The lowest BCUT2D eigenvalue weighted by Crippen LogP contribution is -2.59. The molecule has 3 amide bonds. The summed E-state index contributed by atoms with van der Waals surface area (Å²) < 4.78 is 5.75. The molecule has 1 aliphatic heterocycles. The summed E-state index contributed by atoms with van der Waals surface area (Å²) in [5, 5.41) is 12.0. The number of carbonyl (C=O) groups is 3. The van der Waals surface area contributed by atoms with Crippen LogP contribution in [0.4, 0.5) is 0 Å². The van der Waals surface area contributed by atoms with Crippen LogP contribution in [0, 0.1) is 12.8 Å². The van der Waals surface area contributed by atoms with Gasteiger partial charge in [0.05, 0.1) is 6.61 Å². The fourth-order valence-electron chi connectivity index (χ4n) is 4.46. The predicted molar refractivity (Wildman–Crippen MR) is 142 cm³/mol. The summed E-state index contributed by atoms with van der Waals surface area (Å²) in [7, 11) is 0. The number of carbonyl (C=O) groups excluding carboxylic acids is 3. The van der Waals surface area contributed by atoms with Crippen LogP contribution >= 0.6 is 0 Å². The van der Waals surface area contributed by atoms with Gasteiger partial charge in [0.2, 0.25) is 5.91 Å². The van der Waals surface area contributed by atoms with Crippen molar-refractivity contribution in [1.82, 2.24) is 25.6 Å². The van der Waals surface area contributed by atoms with E-state index in [0.717, 1.165) is 29.7 Å². The molecule has 1 saturated heterocycles. The third-order valence-corrected chi connectivity index (χ3v) is 6.63. The van der Waals surface area contributed by atoms with Gasteiger partial charge < -0.3 is 15.0 Å². The van der Waals surface area contributed by atoms with Gasteiger partial charge in [-0.1, -0.05) is 26.0 Å². The van der Waals surface area contributed by atoms with Crippen molar-refractivity contribution in [2.75, 3.05) is 39.3 Å². The highest BCUT2D eigenvalue weighted by atomic mass is 16.5. The predicted octanol–water partition coefficient (Wildman–Crippen LogP) is 1.94. The zero-order valence-electron chi connectivity index (χ0n) is 22.5. The molecular weight excluding hydrogens is 486 g/mol. The maximum absolute atomic E-state index is 12.7. The van der Waals surface area contributed by atoms with Gasteiger partial charge in [-0.05, 0) is 55.2 Å². The molecule has 3 N–H and O–H groups in total. The number of piperazine rings is 1. The number of hydrogen-bond donors (Lipinski definition) is 3. The Hall–Kier alpha value is -3.34. The van der Waals surface area contributed by atoms with E-state index in [0.29, 0.717) is 45.0 Å². The number of ether oxygens (including phenoxy) is 1. The molecule has 0 saturated carbocycles. The van der Waals surface area contributed by atoms with E-state index >= 15 is 0 Å². The van der Waals surface area contributed by atoms with Gasteiger partial charge in [0.1, 0.15) is 6.04 Å². The van der Waals surface area contributed by atoms with Crippen LogP contribution in [0.5, 0.6) is 0 Å². The Morgan fingerprint density at radius 2 is 1.76 bits per heavy atom. The molecule has 0 aliphatic carbocycles. The quantitative estimate of drug-likeness (QED) is 0.220. The molecule has 206 valence electrons. The molecule has 1 unspecified atom stereocenters. The van der Waals surface area contributed by atoms with Crippen molar-refractivity contribution in [3.8, 4) is 0 Å². The lowest BCUT2D eigenvalue weighted by Gasteiger charge is -2.38. The standard InChI is InChI=1S/C28H39N5O5/c1-20(2)28(36)33-14-12-32(13-15-33)25(27(35)31-37)18-30-26(34)24-8-6-22(7-9-24)5-4-16-38-19-23-10-11-29-21(3)17-23/h6-11,17,20,25,37H,4-5,12-16,18-19H2,1-3H3,(H,30,34)(H,31,35). The maximum atomic E-state index is 12.7. The summed E-state index contributed by atoms with van der Waals surface area (Å²) in [5.41, 5.74) is 5.38. The number of aryl methyl sites for hydroxylation is 2. The molecule has 1 aromatic carbocycles. The fraction of sp³-hybridized carbons (Fsp3) is 0.500. The zero-order valence-corrected chi connectivity index (χ0v) is 22.5. The first-order valence-electron chi connectivity index (χ1n) is 13.1. The minimum Gasteiger partial charge on any atom is -0.377 e. The SMILES string of the molecule is Cc1cc(COCCCc2ccc(C(=O)NCC(C(=O)NO)N3CCN(C(=O)C(C)C)CC3)cc2)ccn1. The Balaban J connectivity index is 1.43. The minimum atomic E-state index is -0.740. The minimum absolute atomic E-state index is 0.0411. The molecule has 3 rings (SSSR count). The van der Waals surface area contributed by atoms with Crippen molar-refractivity contribution < 1.29 is 24.3 Å². The molecule has 1 fully saturated rings. The summed E-state index contributed by atoms with van der Waals surface area (Å²) >= 11 is 0. The largest absolute Gasteiger partial charge is 0.377 e. The van der Waals surface area contributed by atoms with Crippen LogP contribution in [0.25, 0.3) is 0 Å². The number of amides is 3. The van der Waals surface area contributed by atoms with Crippen molar-refractivity contribution in [3.05, 3.63) is 65.0 Å². The number of nitrogens with zero attached hydrogens (tertiary/aromatic N) is 3. The van der Waals surface area contributed by atoms with E-state index in [4.69, 9.17) is 4.74 Å². The molecule has 10 nitrogen and oxygen atoms in total. The van der Waals surface area contributed by atoms with Crippen LogP contribution in [0.1, 0.15) is 47.4 Å². The van der Waals surface area contributed by atoms with Gasteiger partial charge in [-0.2, -0.15) is 0 Å². The van der Waals surface area contributed by atoms with E-state index in [-0.39, 0.29) is 24.3 Å². The highest BCUT2D eigenvalue weighted by Gasteiger charge is 2.31. The number of benzene rings is 1. The summed E-state index contributed by atoms with van der Waals surface area (Å²) in [5.74, 6) is -0.890. The Morgan fingerprint density at radius 3 is 2.39 bits per heavy atom. The number of rotatable bonds is 12. The van der Waals surface area contributed by atoms with Gasteiger partial charge in [-0.3, -0.25) is 29.5 Å². The van der Waals surface area contributed by atoms with E-state index in [1.807, 2.05) is 49.9 Å². The van der Waals surface area contributed by atoms with Gasteiger partial charge in [-0.15, -0.1) is 0 Å². The number of hydroxylamine groups is 1. The normalized spacial score (nSPS) is 14.8. The second kappa shape index (κ2) is 14.6. The molecule has 2 aromatic rings.